The third kappa shape index (κ3) is 7.23. The van der Waals surface area contributed by atoms with Gasteiger partial charge >= 0.3 is 0 Å². The normalized spacial score (nSPS) is 11.5. The molecule has 2 aromatic heterocycles. The number of hydrogen-bond donors (Lipinski definition) is 1. The molecule has 0 aliphatic carbocycles. The van der Waals surface area contributed by atoms with Crippen LogP contribution in [0.1, 0.15) is 57.1 Å². The second-order valence-electron chi connectivity index (χ2n) is 8.49. The maximum atomic E-state index is 9.40. The van der Waals surface area contributed by atoms with Crippen LogP contribution in [0.5, 0.6) is 0 Å². The SMILES string of the molecule is CCCn1c(Nc2cnc(N(C)C)cc2C)nc2c(Cl)ccc(C(CC)CC)c21.CS(=O)(=O)Cl. The third-order valence-corrected chi connectivity index (χ3v) is 5.86. The number of hydrogen-bond acceptors (Lipinski definition) is 6. The van der Waals surface area contributed by atoms with Crippen molar-refractivity contribution < 1.29 is 8.42 Å². The average Bonchev–Trinajstić information content (AvgIpc) is 3.10. The van der Waals surface area contributed by atoms with Crippen LogP contribution in [0, 0.1) is 6.92 Å². The predicted molar refractivity (Wildman–Crippen MR) is 146 cm³/mol. The standard InChI is InChI=1S/C23H32ClN5.CH3ClO2S/c1-7-12-29-22-17(16(8-2)9-3)10-11-18(24)21(22)27-23(29)26-19-14-25-20(28(5)6)13-15(19)4;1-5(2,3)4/h10-11,13-14,16H,7-9,12H2,1-6H3,(H,26,27);1H3. The van der Waals surface area contributed by atoms with Crippen molar-refractivity contribution in [1.29, 1.82) is 0 Å². The Labute approximate surface area is 212 Å². The summed E-state index contributed by atoms with van der Waals surface area (Å²) in [4.78, 5) is 11.5. The van der Waals surface area contributed by atoms with Crippen LogP contribution < -0.4 is 10.2 Å². The van der Waals surface area contributed by atoms with Gasteiger partial charge in [-0.2, -0.15) is 0 Å². The van der Waals surface area contributed by atoms with Gasteiger partial charge in [-0.1, -0.05) is 38.4 Å². The molecule has 0 saturated carbocycles. The van der Waals surface area contributed by atoms with Crippen LogP contribution in [0.25, 0.3) is 11.0 Å². The molecule has 1 aromatic carbocycles. The van der Waals surface area contributed by atoms with Crippen LogP contribution >= 0.6 is 22.3 Å². The molecular weight excluding hydrogens is 493 g/mol. The molecule has 2 heterocycles. The summed E-state index contributed by atoms with van der Waals surface area (Å²) >= 11 is 6.57. The first kappa shape index (κ1) is 28.2. The molecule has 0 radical (unpaired) electrons. The minimum atomic E-state index is -3.19. The largest absolute Gasteiger partial charge is 0.363 e. The number of fused-ring (bicyclic) bond motifs is 1. The number of aryl methyl sites for hydroxylation is 2. The highest BCUT2D eigenvalue weighted by molar-refractivity contribution is 8.13. The lowest BCUT2D eigenvalue weighted by Crippen LogP contribution is -2.11. The van der Waals surface area contributed by atoms with Crippen molar-refractivity contribution in [3.8, 4) is 0 Å². The van der Waals surface area contributed by atoms with Gasteiger partial charge in [-0.15, -0.1) is 0 Å². The zero-order valence-corrected chi connectivity index (χ0v) is 23.3. The molecule has 3 aromatic rings. The molecule has 34 heavy (non-hydrogen) atoms. The second kappa shape index (κ2) is 12.1. The van der Waals surface area contributed by atoms with Crippen LogP contribution in [0.4, 0.5) is 17.5 Å². The first-order valence-corrected chi connectivity index (χ1v) is 14.5. The summed E-state index contributed by atoms with van der Waals surface area (Å²) in [5.41, 5.74) is 5.46. The highest BCUT2D eigenvalue weighted by atomic mass is 35.7. The summed E-state index contributed by atoms with van der Waals surface area (Å²) in [6.07, 6.45) is 6.02. The van der Waals surface area contributed by atoms with Crippen LogP contribution in [-0.4, -0.2) is 43.3 Å². The summed E-state index contributed by atoms with van der Waals surface area (Å²) in [6, 6.07) is 6.25. The highest BCUT2D eigenvalue weighted by Crippen LogP contribution is 2.36. The van der Waals surface area contributed by atoms with E-state index in [9.17, 15) is 8.42 Å². The van der Waals surface area contributed by atoms with E-state index >= 15 is 0 Å². The summed E-state index contributed by atoms with van der Waals surface area (Å²) in [7, 11) is 5.30. The Hall–Kier alpha value is -2.03. The molecule has 7 nitrogen and oxygen atoms in total. The van der Waals surface area contributed by atoms with Crippen molar-refractivity contribution in [2.75, 3.05) is 30.6 Å². The van der Waals surface area contributed by atoms with Gasteiger partial charge in [0, 0.05) is 31.3 Å². The van der Waals surface area contributed by atoms with E-state index in [-0.39, 0.29) is 0 Å². The maximum absolute atomic E-state index is 9.40. The lowest BCUT2D eigenvalue weighted by molar-refractivity contribution is 0.615. The summed E-state index contributed by atoms with van der Waals surface area (Å²) in [5, 5.41) is 4.22. The van der Waals surface area contributed by atoms with Crippen molar-refractivity contribution >= 4 is 59.8 Å². The molecule has 0 aliphatic heterocycles. The van der Waals surface area contributed by atoms with E-state index in [2.05, 4.69) is 65.4 Å². The molecule has 0 saturated heterocycles. The number of pyridine rings is 1. The molecule has 1 N–H and O–H groups in total. The van der Waals surface area contributed by atoms with Crippen molar-refractivity contribution in [2.24, 2.45) is 0 Å². The van der Waals surface area contributed by atoms with Crippen LogP contribution in [0.15, 0.2) is 24.4 Å². The van der Waals surface area contributed by atoms with Gasteiger partial charge in [-0.05, 0) is 55.4 Å². The average molecular weight is 529 g/mol. The fraction of sp³-hybridized carbons (Fsp3) is 0.500. The number of rotatable bonds is 8. The first-order valence-electron chi connectivity index (χ1n) is 11.4. The van der Waals surface area contributed by atoms with Crippen LogP contribution in [-0.2, 0) is 15.6 Å². The fourth-order valence-corrected chi connectivity index (χ4v) is 4.06. The summed E-state index contributed by atoms with van der Waals surface area (Å²) in [5.74, 6) is 2.26. The van der Waals surface area contributed by atoms with Crippen LogP contribution in [0.2, 0.25) is 5.02 Å². The van der Waals surface area contributed by atoms with E-state index in [1.165, 1.54) is 5.56 Å². The van der Waals surface area contributed by atoms with Crippen molar-refractivity contribution in [3.05, 3.63) is 40.5 Å². The Kier molecular flexibility index (Phi) is 10.0. The molecule has 0 bridgehead atoms. The number of nitrogens with zero attached hydrogens (tertiary/aromatic N) is 4. The number of anilines is 3. The number of halogens is 2. The van der Waals surface area contributed by atoms with Gasteiger partial charge in [-0.3, -0.25) is 0 Å². The predicted octanol–water partition coefficient (Wildman–Crippen LogP) is 6.70. The number of imidazole rings is 1. The monoisotopic (exact) mass is 527 g/mol. The van der Waals surface area contributed by atoms with Gasteiger partial charge in [0.1, 0.15) is 11.3 Å². The van der Waals surface area contributed by atoms with Crippen molar-refractivity contribution in [2.45, 2.75) is 59.4 Å². The van der Waals surface area contributed by atoms with Gasteiger partial charge in [0.2, 0.25) is 15.0 Å². The molecule has 10 heteroatoms. The number of benzene rings is 1. The van der Waals surface area contributed by atoms with Gasteiger partial charge in [-0.25, -0.2) is 18.4 Å². The molecule has 0 amide bonds. The molecule has 3 rings (SSSR count). The Morgan fingerprint density at radius 2 is 1.79 bits per heavy atom. The van der Waals surface area contributed by atoms with Crippen LogP contribution in [0.3, 0.4) is 0 Å². The molecule has 0 unspecified atom stereocenters. The first-order chi connectivity index (χ1) is 15.9. The zero-order chi connectivity index (χ0) is 25.6. The lowest BCUT2D eigenvalue weighted by atomic mass is 9.93. The number of aromatic nitrogens is 3. The highest BCUT2D eigenvalue weighted by Gasteiger charge is 2.20. The topological polar surface area (TPSA) is 80.1 Å². The molecule has 0 fully saturated rings. The minimum Gasteiger partial charge on any atom is -0.363 e. The van der Waals surface area contributed by atoms with E-state index in [1.807, 2.05) is 31.3 Å². The van der Waals surface area contributed by atoms with E-state index in [0.29, 0.717) is 10.9 Å². The Morgan fingerprint density at radius 1 is 1.18 bits per heavy atom. The van der Waals surface area contributed by atoms with Gasteiger partial charge < -0.3 is 14.8 Å². The zero-order valence-electron chi connectivity index (χ0n) is 21.0. The molecular formula is C24H35Cl2N5O2S. The van der Waals surface area contributed by atoms with E-state index in [0.717, 1.165) is 66.1 Å². The lowest BCUT2D eigenvalue weighted by Gasteiger charge is -2.18. The fourth-order valence-electron chi connectivity index (χ4n) is 3.86. The number of nitrogens with one attached hydrogen (secondary N) is 1. The molecule has 0 spiro atoms. The van der Waals surface area contributed by atoms with E-state index < -0.39 is 9.05 Å². The Balaban J connectivity index is 0.000000739. The molecule has 188 valence electrons. The van der Waals surface area contributed by atoms with E-state index in [1.54, 1.807) is 0 Å². The smallest absolute Gasteiger partial charge is 0.229 e. The van der Waals surface area contributed by atoms with Gasteiger partial charge in [0.15, 0.2) is 0 Å². The van der Waals surface area contributed by atoms with Crippen molar-refractivity contribution in [3.63, 3.8) is 0 Å². The summed E-state index contributed by atoms with van der Waals surface area (Å²) in [6.45, 7) is 9.65. The minimum absolute atomic E-state index is 0.498. The molecule has 0 atom stereocenters. The van der Waals surface area contributed by atoms with E-state index in [4.69, 9.17) is 16.6 Å². The Morgan fingerprint density at radius 3 is 2.29 bits per heavy atom. The second-order valence-corrected chi connectivity index (χ2v) is 11.9. The maximum Gasteiger partial charge on any atom is 0.229 e. The van der Waals surface area contributed by atoms with Crippen molar-refractivity contribution in [1.82, 2.24) is 14.5 Å². The quantitative estimate of drug-likeness (QED) is 0.328. The van der Waals surface area contributed by atoms with Gasteiger partial charge in [0.05, 0.1) is 28.7 Å². The Bertz CT molecular complexity index is 1210. The molecule has 0 aliphatic rings. The summed E-state index contributed by atoms with van der Waals surface area (Å²) < 4.78 is 21.1. The van der Waals surface area contributed by atoms with Gasteiger partial charge in [0.25, 0.3) is 0 Å². The third-order valence-electron chi connectivity index (χ3n) is 5.55.